The van der Waals surface area contributed by atoms with Crippen LogP contribution >= 0.6 is 0 Å². The molecule has 0 radical (unpaired) electrons. The highest BCUT2D eigenvalue weighted by molar-refractivity contribution is 7.91. The van der Waals surface area contributed by atoms with Crippen molar-refractivity contribution in [3.63, 3.8) is 0 Å². The predicted octanol–water partition coefficient (Wildman–Crippen LogP) is 2.01. The fourth-order valence-corrected chi connectivity index (χ4v) is 2.80. The average Bonchev–Trinajstić information content (AvgIpc) is 2.43. The molecule has 1 aromatic carbocycles. The molecule has 0 fully saturated rings. The summed E-state index contributed by atoms with van der Waals surface area (Å²) in [7, 11) is -3.02. The number of hydrogen-bond acceptors (Lipinski definition) is 5. The molecule has 5 nitrogen and oxygen atoms in total. The van der Waals surface area contributed by atoms with Gasteiger partial charge in [-0.05, 0) is 30.5 Å². The van der Waals surface area contributed by atoms with Crippen LogP contribution in [-0.4, -0.2) is 26.5 Å². The largest absolute Gasteiger partial charge is 0.435 e. The zero-order chi connectivity index (χ0) is 15.9. The van der Waals surface area contributed by atoms with Gasteiger partial charge in [-0.3, -0.25) is 11.3 Å². The summed E-state index contributed by atoms with van der Waals surface area (Å²) in [5, 5.41) is 0. The number of nitrogens with two attached hydrogens (primary N) is 1. The Hall–Kier alpha value is -1.25. The molecule has 0 heterocycles. The van der Waals surface area contributed by atoms with E-state index >= 15 is 0 Å². The van der Waals surface area contributed by atoms with Gasteiger partial charge in [0.05, 0.1) is 5.75 Å². The summed E-state index contributed by atoms with van der Waals surface area (Å²) in [5.41, 5.74) is 3.24. The molecule has 0 saturated heterocycles. The van der Waals surface area contributed by atoms with Crippen molar-refractivity contribution in [2.24, 2.45) is 5.84 Å². The number of ether oxygens (including phenoxy) is 1. The Morgan fingerprint density at radius 2 is 2.10 bits per heavy atom. The number of rotatable bonds is 9. The Balaban J connectivity index is 2.67. The molecule has 0 aliphatic carbocycles. The average molecular weight is 322 g/mol. The first-order chi connectivity index (χ1) is 9.88. The zero-order valence-corrected chi connectivity index (χ0v) is 12.6. The molecule has 0 spiro atoms. The molecule has 0 amide bonds. The van der Waals surface area contributed by atoms with Crippen molar-refractivity contribution in [1.82, 2.24) is 5.43 Å². The van der Waals surface area contributed by atoms with Gasteiger partial charge in [0.1, 0.15) is 15.6 Å². The first-order valence-corrected chi connectivity index (χ1v) is 8.41. The number of hydrogen-bond donors (Lipinski definition) is 2. The smallest absolute Gasteiger partial charge is 0.387 e. The summed E-state index contributed by atoms with van der Waals surface area (Å²) < 4.78 is 51.5. The van der Waals surface area contributed by atoms with Crippen LogP contribution in [0.1, 0.15) is 31.4 Å². The SMILES string of the molecule is CCS(=O)(=O)CCCC(NN)c1cccc(OC(F)F)c1. The van der Waals surface area contributed by atoms with Gasteiger partial charge in [-0.2, -0.15) is 8.78 Å². The maximum absolute atomic E-state index is 12.2. The maximum Gasteiger partial charge on any atom is 0.387 e. The minimum absolute atomic E-state index is 0.0453. The van der Waals surface area contributed by atoms with Gasteiger partial charge in [-0.15, -0.1) is 0 Å². The lowest BCUT2D eigenvalue weighted by Gasteiger charge is -2.17. The van der Waals surface area contributed by atoms with Crippen molar-refractivity contribution < 1.29 is 21.9 Å². The lowest BCUT2D eigenvalue weighted by atomic mass is 10.0. The summed E-state index contributed by atoms with van der Waals surface area (Å²) in [5.74, 6) is 5.68. The van der Waals surface area contributed by atoms with Gasteiger partial charge in [0.25, 0.3) is 0 Å². The van der Waals surface area contributed by atoms with E-state index in [9.17, 15) is 17.2 Å². The molecule has 1 aromatic rings. The third-order valence-corrected chi connectivity index (χ3v) is 4.87. The molecule has 0 bridgehead atoms. The highest BCUT2D eigenvalue weighted by Gasteiger charge is 2.14. The van der Waals surface area contributed by atoms with E-state index in [1.54, 1.807) is 19.1 Å². The Morgan fingerprint density at radius 3 is 2.67 bits per heavy atom. The molecule has 21 heavy (non-hydrogen) atoms. The Bertz CT molecular complexity index is 538. The summed E-state index contributed by atoms with van der Waals surface area (Å²) in [6.07, 6.45) is 0.916. The molecule has 0 aliphatic heterocycles. The van der Waals surface area contributed by atoms with Gasteiger partial charge in [0, 0.05) is 11.8 Å². The predicted molar refractivity (Wildman–Crippen MR) is 76.7 cm³/mol. The van der Waals surface area contributed by atoms with E-state index in [0.29, 0.717) is 18.4 Å². The van der Waals surface area contributed by atoms with Crippen LogP contribution < -0.4 is 16.0 Å². The fraction of sp³-hybridized carbons (Fsp3) is 0.538. The van der Waals surface area contributed by atoms with Crippen molar-refractivity contribution in [3.8, 4) is 5.75 Å². The minimum atomic E-state index is -3.02. The van der Waals surface area contributed by atoms with E-state index in [-0.39, 0.29) is 23.3 Å². The van der Waals surface area contributed by atoms with Crippen molar-refractivity contribution in [3.05, 3.63) is 29.8 Å². The standard InChI is InChI=1S/C13H20F2N2O3S/c1-2-21(18,19)8-4-7-12(17-16)10-5-3-6-11(9-10)20-13(14)15/h3,5-6,9,12-13,17H,2,4,7-8,16H2,1H3. The van der Waals surface area contributed by atoms with Crippen molar-refractivity contribution in [2.45, 2.75) is 32.4 Å². The number of halogens is 2. The lowest BCUT2D eigenvalue weighted by Crippen LogP contribution is -2.28. The van der Waals surface area contributed by atoms with Gasteiger partial charge < -0.3 is 4.74 Å². The first-order valence-electron chi connectivity index (χ1n) is 6.59. The van der Waals surface area contributed by atoms with Crippen LogP contribution in [0.4, 0.5) is 8.78 Å². The van der Waals surface area contributed by atoms with Crippen LogP contribution in [0.5, 0.6) is 5.75 Å². The Kier molecular flexibility index (Phi) is 7.00. The Labute approximate surface area is 123 Å². The van der Waals surface area contributed by atoms with Gasteiger partial charge in [-0.25, -0.2) is 8.42 Å². The third kappa shape index (κ3) is 6.36. The van der Waals surface area contributed by atoms with Crippen LogP contribution in [-0.2, 0) is 9.84 Å². The molecule has 1 unspecified atom stereocenters. The number of hydrazine groups is 1. The molecular formula is C13H20F2N2O3S. The summed E-state index contributed by atoms with van der Waals surface area (Å²) in [4.78, 5) is 0. The summed E-state index contributed by atoms with van der Waals surface area (Å²) in [6.45, 7) is -1.29. The van der Waals surface area contributed by atoms with E-state index in [2.05, 4.69) is 10.2 Å². The fourth-order valence-electron chi connectivity index (χ4n) is 1.91. The molecule has 1 rings (SSSR count). The van der Waals surface area contributed by atoms with E-state index < -0.39 is 16.4 Å². The molecule has 0 aliphatic rings. The van der Waals surface area contributed by atoms with Gasteiger partial charge >= 0.3 is 6.61 Å². The normalized spacial score (nSPS) is 13.4. The Morgan fingerprint density at radius 1 is 1.38 bits per heavy atom. The second-order valence-corrected chi connectivity index (χ2v) is 7.02. The van der Waals surface area contributed by atoms with Crippen LogP contribution in [0.25, 0.3) is 0 Å². The lowest BCUT2D eigenvalue weighted by molar-refractivity contribution is -0.0499. The van der Waals surface area contributed by atoms with E-state index in [1.165, 1.54) is 12.1 Å². The molecule has 3 N–H and O–H groups in total. The number of alkyl halides is 2. The second kappa shape index (κ2) is 8.26. The third-order valence-electron chi connectivity index (χ3n) is 3.07. The van der Waals surface area contributed by atoms with E-state index in [4.69, 9.17) is 5.84 Å². The van der Waals surface area contributed by atoms with E-state index in [1.807, 2.05) is 0 Å². The molecule has 0 saturated carbocycles. The quantitative estimate of drug-likeness (QED) is 0.537. The monoisotopic (exact) mass is 322 g/mol. The van der Waals surface area contributed by atoms with E-state index in [0.717, 1.165) is 0 Å². The molecule has 0 aromatic heterocycles. The first kappa shape index (κ1) is 17.8. The zero-order valence-electron chi connectivity index (χ0n) is 11.8. The number of benzene rings is 1. The molecule has 120 valence electrons. The van der Waals surface area contributed by atoms with Crippen LogP contribution in [0.3, 0.4) is 0 Å². The van der Waals surface area contributed by atoms with Crippen molar-refractivity contribution in [1.29, 1.82) is 0 Å². The minimum Gasteiger partial charge on any atom is -0.435 e. The topological polar surface area (TPSA) is 81.4 Å². The number of sulfone groups is 1. The second-order valence-electron chi connectivity index (χ2n) is 4.55. The van der Waals surface area contributed by atoms with Crippen LogP contribution in [0.15, 0.2) is 24.3 Å². The molecule has 8 heteroatoms. The van der Waals surface area contributed by atoms with Crippen LogP contribution in [0.2, 0.25) is 0 Å². The maximum atomic E-state index is 12.2. The van der Waals surface area contributed by atoms with Gasteiger partial charge in [-0.1, -0.05) is 19.1 Å². The highest BCUT2D eigenvalue weighted by atomic mass is 32.2. The number of nitrogens with one attached hydrogen (secondary N) is 1. The van der Waals surface area contributed by atoms with Gasteiger partial charge in [0.2, 0.25) is 0 Å². The van der Waals surface area contributed by atoms with Crippen molar-refractivity contribution in [2.75, 3.05) is 11.5 Å². The van der Waals surface area contributed by atoms with Crippen molar-refractivity contribution >= 4 is 9.84 Å². The van der Waals surface area contributed by atoms with Gasteiger partial charge in [0.15, 0.2) is 0 Å². The molecular weight excluding hydrogens is 302 g/mol. The van der Waals surface area contributed by atoms with Crippen LogP contribution in [0, 0.1) is 0 Å². The highest BCUT2D eigenvalue weighted by Crippen LogP contribution is 2.23. The molecule has 1 atom stereocenters. The summed E-state index contributed by atoms with van der Waals surface area (Å²) in [6, 6.07) is 5.87. The summed E-state index contributed by atoms with van der Waals surface area (Å²) >= 11 is 0.